The zero-order valence-electron chi connectivity index (χ0n) is 26.4. The third kappa shape index (κ3) is 29.6. The Morgan fingerprint density at radius 1 is 0.830 bits per heavy atom. The smallest absolute Gasteiger partial charge is 0.223 e. The lowest BCUT2D eigenvalue weighted by Gasteiger charge is -2.28. The van der Waals surface area contributed by atoms with Crippen LogP contribution in [0, 0.1) is 0 Å². The zero-order valence-corrected chi connectivity index (χ0v) is 30.7. The third-order valence-corrected chi connectivity index (χ3v) is 6.50. The van der Waals surface area contributed by atoms with Gasteiger partial charge in [-0.2, -0.15) is 0 Å². The van der Waals surface area contributed by atoms with Crippen LogP contribution in [0.5, 0.6) is 0 Å². The van der Waals surface area contributed by atoms with Crippen LogP contribution in [0.4, 0.5) is 0 Å². The molecule has 0 saturated heterocycles. The second-order valence-corrected chi connectivity index (χ2v) is 11.1. The van der Waals surface area contributed by atoms with Crippen molar-refractivity contribution >= 4 is 63.4 Å². The van der Waals surface area contributed by atoms with Gasteiger partial charge in [-0.05, 0) is 45.2 Å². The van der Waals surface area contributed by atoms with Crippen molar-refractivity contribution in [3.63, 3.8) is 0 Å². The average Bonchev–Trinajstić information content (AvgIpc) is 3.04. The highest BCUT2D eigenvalue weighted by Crippen LogP contribution is 2.08. The second-order valence-electron chi connectivity index (χ2n) is 9.22. The summed E-state index contributed by atoms with van der Waals surface area (Å²) in [6, 6.07) is 0. The van der Waals surface area contributed by atoms with Gasteiger partial charge in [-0.1, -0.05) is 6.58 Å². The van der Waals surface area contributed by atoms with Gasteiger partial charge in [0.25, 0.3) is 0 Å². The third-order valence-electron chi connectivity index (χ3n) is 5.60. The number of aliphatic hydroxyl groups excluding tert-OH is 2. The minimum absolute atomic E-state index is 0.0791. The fraction of sp³-hybridized carbons (Fsp3) is 0.808. The molecule has 0 aromatic heterocycles. The van der Waals surface area contributed by atoms with Crippen LogP contribution in [0.15, 0.2) is 15.3 Å². The molecule has 0 radical (unpaired) electrons. The van der Waals surface area contributed by atoms with E-state index in [9.17, 15) is 19.8 Å². The Hall–Kier alpha value is -1.07. The number of hydrogen-bond donors (Lipinski definition) is 7. The number of carbonyl (C=O) groups is 2. The van der Waals surface area contributed by atoms with Crippen LogP contribution in [0.3, 0.4) is 0 Å². The van der Waals surface area contributed by atoms with E-state index >= 15 is 0 Å². The number of nitrogens with zero attached hydrogens (tertiary/aromatic N) is 3. The number of carbonyl (C=O) groups excluding carboxylic acids is 2. The van der Waals surface area contributed by atoms with Gasteiger partial charge in [0.1, 0.15) is 17.1 Å². The minimum atomic E-state index is -1.14. The van der Waals surface area contributed by atoms with Gasteiger partial charge in [0, 0.05) is 32.5 Å². The van der Waals surface area contributed by atoms with Gasteiger partial charge in [-0.25, -0.2) is 15.2 Å². The first-order chi connectivity index (χ1) is 22.7. The number of hydroxylamine groups is 2. The molecule has 0 bridgehead atoms. The lowest BCUT2D eigenvalue weighted by atomic mass is 10.2. The van der Waals surface area contributed by atoms with Crippen molar-refractivity contribution in [1.82, 2.24) is 25.9 Å². The highest BCUT2D eigenvalue weighted by molar-refractivity contribution is 14.1. The van der Waals surface area contributed by atoms with E-state index in [1.165, 1.54) is 11.3 Å². The van der Waals surface area contributed by atoms with Crippen molar-refractivity contribution in [1.29, 1.82) is 0 Å². The van der Waals surface area contributed by atoms with E-state index in [4.69, 9.17) is 34.2 Å². The zero-order chi connectivity index (χ0) is 35.0. The van der Waals surface area contributed by atoms with Gasteiger partial charge in [0.15, 0.2) is 6.40 Å². The predicted molar refractivity (Wildman–Crippen MR) is 186 cm³/mol. The maximum atomic E-state index is 12.9. The molecule has 2 unspecified atom stereocenters. The maximum Gasteiger partial charge on any atom is 0.223 e. The van der Waals surface area contributed by atoms with Crippen LogP contribution in [0.2, 0.25) is 0 Å². The molecular formula is C26H50I2N6O13. The molecule has 0 rings (SSSR count). The number of halogens is 2. The molecule has 276 valence electrons. The Kier molecular flexibility index (Phi) is 32.7. The Morgan fingerprint density at radius 3 is 1.94 bits per heavy atom. The van der Waals surface area contributed by atoms with Crippen LogP contribution in [0.1, 0.15) is 12.8 Å². The van der Waals surface area contributed by atoms with Crippen LogP contribution in [-0.4, -0.2) is 171 Å². The molecule has 7 N–H and O–H groups in total. The summed E-state index contributed by atoms with van der Waals surface area (Å²) in [5, 5.41) is 47.4. The molecule has 0 aromatic carbocycles. The number of alkyl halides is 1. The molecule has 0 spiro atoms. The fourth-order valence-corrected chi connectivity index (χ4v) is 3.86. The summed E-state index contributed by atoms with van der Waals surface area (Å²) in [4.78, 5) is 38.2. The van der Waals surface area contributed by atoms with E-state index in [2.05, 4.69) is 60.0 Å². The van der Waals surface area contributed by atoms with E-state index < -0.39 is 24.3 Å². The SMILES string of the molecule is C=C(I)N(CCOCCOCCNC(O)CN(CC(O)NCCOCCOCCN=COCI)C(=O)CCC(=O)NCCOO)OO. The number of aliphatic hydroxyl groups is 2. The van der Waals surface area contributed by atoms with Gasteiger partial charge < -0.3 is 44.1 Å². The van der Waals surface area contributed by atoms with Gasteiger partial charge in [0.05, 0.1) is 89.3 Å². The monoisotopic (exact) mass is 908 g/mol. The molecule has 0 aliphatic heterocycles. The Labute approximate surface area is 302 Å². The van der Waals surface area contributed by atoms with Crippen molar-refractivity contribution in [3.8, 4) is 0 Å². The minimum Gasteiger partial charge on any atom is -0.473 e. The molecule has 2 amide bonds. The van der Waals surface area contributed by atoms with E-state index in [-0.39, 0.29) is 72.0 Å². The summed E-state index contributed by atoms with van der Waals surface area (Å²) >= 11 is 3.96. The molecule has 21 heteroatoms. The summed E-state index contributed by atoms with van der Waals surface area (Å²) < 4.78 is 27.7. The van der Waals surface area contributed by atoms with Crippen molar-refractivity contribution < 1.29 is 63.9 Å². The maximum absolute atomic E-state index is 12.9. The first-order valence-electron chi connectivity index (χ1n) is 14.8. The normalized spacial score (nSPS) is 12.6. The van der Waals surface area contributed by atoms with Gasteiger partial charge in [-0.15, -0.1) is 4.99 Å². The molecule has 0 heterocycles. The molecule has 47 heavy (non-hydrogen) atoms. The molecule has 0 aliphatic rings. The largest absolute Gasteiger partial charge is 0.473 e. The number of aliphatic imine (C=N–C) groups is 1. The first-order valence-corrected chi connectivity index (χ1v) is 17.4. The van der Waals surface area contributed by atoms with E-state index in [1.54, 1.807) is 0 Å². The summed E-state index contributed by atoms with van der Waals surface area (Å²) in [7, 11) is 0. The average molecular weight is 909 g/mol. The summed E-state index contributed by atoms with van der Waals surface area (Å²) in [6.45, 7) is 7.21. The van der Waals surface area contributed by atoms with Crippen LogP contribution < -0.4 is 16.0 Å². The summed E-state index contributed by atoms with van der Waals surface area (Å²) in [6.07, 6.45) is -1.17. The molecule has 2 atom stereocenters. The van der Waals surface area contributed by atoms with E-state index in [0.29, 0.717) is 54.4 Å². The lowest BCUT2D eigenvalue weighted by molar-refractivity contribution is -0.380. The Balaban J connectivity index is 4.45. The van der Waals surface area contributed by atoms with Gasteiger partial charge >= 0.3 is 0 Å². The fourth-order valence-electron chi connectivity index (χ4n) is 3.37. The van der Waals surface area contributed by atoms with Crippen molar-refractivity contribution in [2.24, 2.45) is 4.99 Å². The highest BCUT2D eigenvalue weighted by atomic mass is 127. The van der Waals surface area contributed by atoms with Gasteiger partial charge in [0.2, 0.25) is 11.8 Å². The molecule has 0 fully saturated rings. The molecule has 0 aromatic rings. The highest BCUT2D eigenvalue weighted by Gasteiger charge is 2.21. The quantitative estimate of drug-likeness (QED) is 0.00479. The number of amides is 2. The van der Waals surface area contributed by atoms with Gasteiger partial charge in [-0.3, -0.25) is 30.5 Å². The van der Waals surface area contributed by atoms with Crippen molar-refractivity contribution in [2.75, 3.05) is 110 Å². The number of ether oxygens (including phenoxy) is 5. The van der Waals surface area contributed by atoms with Crippen molar-refractivity contribution in [3.05, 3.63) is 10.3 Å². The number of hydrogen-bond acceptors (Lipinski definition) is 17. The molecule has 0 aliphatic carbocycles. The summed E-state index contributed by atoms with van der Waals surface area (Å²) in [5.41, 5.74) is 0. The topological polar surface area (TPSA) is 235 Å². The van der Waals surface area contributed by atoms with Crippen LogP contribution >= 0.6 is 45.2 Å². The molecular weight excluding hydrogens is 858 g/mol. The van der Waals surface area contributed by atoms with Crippen LogP contribution in [-0.2, 0) is 43.1 Å². The number of rotatable bonds is 34. The second kappa shape index (κ2) is 33.4. The molecule has 19 nitrogen and oxygen atoms in total. The standard InChI is InChI=1S/C26H50I2N6O13/c1-22(28)34(47-40)8-13-44-17-16-43-11-6-32-25(37)19-33(26(38)3-2-23(35)30-7-12-46-39)18-24(36)31-5-10-42-15-14-41-9-4-29-21-45-20-27/h21,24-25,31-32,36-37,39-40H,1-20H2,(H,30,35). The molecule has 0 saturated carbocycles. The van der Waals surface area contributed by atoms with E-state index in [1.807, 2.05) is 22.6 Å². The lowest BCUT2D eigenvalue weighted by Crippen LogP contribution is -2.50. The first kappa shape index (κ1) is 45.9. The predicted octanol–water partition coefficient (Wildman–Crippen LogP) is -0.866. The summed E-state index contributed by atoms with van der Waals surface area (Å²) in [5.74, 6) is -0.869. The number of nitrogens with one attached hydrogen (secondary N) is 3. The van der Waals surface area contributed by atoms with Crippen molar-refractivity contribution in [2.45, 2.75) is 25.3 Å². The van der Waals surface area contributed by atoms with E-state index in [0.717, 1.165) is 5.06 Å². The Morgan fingerprint density at radius 2 is 1.40 bits per heavy atom. The Bertz CT molecular complexity index is 825. The van der Waals surface area contributed by atoms with Crippen LogP contribution in [0.25, 0.3) is 0 Å².